The van der Waals surface area contributed by atoms with E-state index in [0.29, 0.717) is 24.3 Å². The summed E-state index contributed by atoms with van der Waals surface area (Å²) in [5.41, 5.74) is 5.96. The number of oxime groups is 1. The highest BCUT2D eigenvalue weighted by molar-refractivity contribution is 6.03. The van der Waals surface area contributed by atoms with Gasteiger partial charge in [0.25, 0.3) is 0 Å². The molecule has 0 saturated heterocycles. The quantitative estimate of drug-likeness (QED) is 0.0579. The minimum atomic E-state index is -1.41. The predicted octanol–water partition coefficient (Wildman–Crippen LogP) is 10.2. The van der Waals surface area contributed by atoms with Gasteiger partial charge in [0.2, 0.25) is 5.79 Å². The molecule has 6 atom stereocenters. The second-order valence-corrected chi connectivity index (χ2v) is 16.3. The van der Waals surface area contributed by atoms with Crippen LogP contribution in [0.3, 0.4) is 0 Å². The Balaban J connectivity index is 1.45. The molecule has 10 heteroatoms. The number of aryl methyl sites for hydroxylation is 2. The minimum Gasteiger partial charge on any atom is -0.459 e. The molecule has 1 fully saturated rings. The van der Waals surface area contributed by atoms with Crippen molar-refractivity contribution in [2.45, 2.75) is 90.0 Å². The molecule has 4 aromatic carbocycles. The number of ether oxygens (including phenoxy) is 4. The van der Waals surface area contributed by atoms with Crippen LogP contribution in [0, 0.1) is 31.6 Å². The number of aliphatic hydroxyl groups excluding tert-OH is 2. The molecule has 1 amide bonds. The van der Waals surface area contributed by atoms with Crippen LogP contribution in [0.15, 0.2) is 108 Å². The van der Waals surface area contributed by atoms with Gasteiger partial charge in [-0.2, -0.15) is 0 Å². The van der Waals surface area contributed by atoms with E-state index in [0.717, 1.165) is 70.2 Å². The van der Waals surface area contributed by atoms with E-state index in [2.05, 4.69) is 69.0 Å². The van der Waals surface area contributed by atoms with E-state index in [1.807, 2.05) is 43.3 Å². The van der Waals surface area contributed by atoms with Gasteiger partial charge in [-0.3, -0.25) is 4.90 Å². The third-order valence-electron chi connectivity index (χ3n) is 12.7. The number of carbonyl (C=O) groups is 1. The van der Waals surface area contributed by atoms with Crippen molar-refractivity contribution in [2.24, 2.45) is 22.9 Å². The molecule has 2 aliphatic carbocycles. The zero-order chi connectivity index (χ0) is 42.2. The van der Waals surface area contributed by atoms with Crippen molar-refractivity contribution in [1.82, 2.24) is 4.90 Å². The Hall–Kier alpha value is -5.16. The fourth-order valence-corrected chi connectivity index (χ4v) is 9.86. The number of unbranched alkanes of at least 4 members (excludes halogenated alkanes) is 2. The van der Waals surface area contributed by atoms with Gasteiger partial charge in [0.05, 0.1) is 31.4 Å². The molecule has 1 saturated carbocycles. The van der Waals surface area contributed by atoms with Crippen LogP contribution < -0.4 is 9.47 Å². The zero-order valence-corrected chi connectivity index (χ0v) is 35.5. The second-order valence-electron chi connectivity index (χ2n) is 16.3. The standard InChI is InChI=1S/C50H60N2O8/c1-6-27-58-50-46(52(49(55)57-7-2)32-37-18-14-17-35-15-8-9-19-40(35)37)31-44(51-56-5)42-29-36(16-10-12-25-53)41(20-11-13-26-54)47(48(42)50)43-30-39(23-24-45(43)60-50)59-38-22-21-33(3)34(4)28-38/h6,8-9,14-15,17-19,21-24,28-30,36,41,46-48,53-54H,1,7,10-13,16,20,25-27,31-32H2,2-5H3. The molecule has 0 spiro atoms. The SMILES string of the molecule is C=CCOC12Oc3ccc(Oc4ccc(C)c(C)c4)cc3C3C(CCCCO)C(CCCCO)C=C(C(=NOC)CC1N(Cc1cccc4ccccc14)C(=O)OCC)C32. The molecule has 0 aromatic heterocycles. The Labute approximate surface area is 354 Å². The van der Waals surface area contributed by atoms with Crippen molar-refractivity contribution < 1.29 is 38.8 Å². The maximum absolute atomic E-state index is 14.6. The summed E-state index contributed by atoms with van der Waals surface area (Å²) < 4.78 is 27.0. The van der Waals surface area contributed by atoms with Crippen molar-refractivity contribution in [3.05, 3.63) is 125 Å². The Kier molecular flexibility index (Phi) is 13.9. The van der Waals surface area contributed by atoms with Crippen LogP contribution in [-0.4, -0.2) is 72.3 Å². The summed E-state index contributed by atoms with van der Waals surface area (Å²) >= 11 is 0. The molecule has 1 aliphatic heterocycles. The summed E-state index contributed by atoms with van der Waals surface area (Å²) in [6.45, 7) is 10.8. The number of fused-ring (bicyclic) bond motifs is 3. The first-order valence-electron chi connectivity index (χ1n) is 21.5. The lowest BCUT2D eigenvalue weighted by Crippen LogP contribution is -2.70. The van der Waals surface area contributed by atoms with Gasteiger partial charge in [-0.25, -0.2) is 4.79 Å². The number of amides is 1. The predicted molar refractivity (Wildman–Crippen MR) is 234 cm³/mol. The van der Waals surface area contributed by atoms with Gasteiger partial charge >= 0.3 is 6.09 Å². The molecule has 0 radical (unpaired) electrons. The van der Waals surface area contributed by atoms with E-state index in [1.54, 1.807) is 18.1 Å². The Morgan fingerprint density at radius 3 is 2.45 bits per heavy atom. The second kappa shape index (κ2) is 19.5. The van der Waals surface area contributed by atoms with Crippen LogP contribution in [0.1, 0.15) is 80.0 Å². The molecule has 6 unspecified atom stereocenters. The van der Waals surface area contributed by atoms with E-state index in [1.165, 1.54) is 5.56 Å². The molecule has 318 valence electrons. The molecular formula is C50H60N2O8. The average Bonchev–Trinajstić information content (AvgIpc) is 3.25. The number of rotatable bonds is 18. The van der Waals surface area contributed by atoms with E-state index < -0.39 is 23.8 Å². The lowest BCUT2D eigenvalue weighted by molar-refractivity contribution is -0.256. The molecule has 60 heavy (non-hydrogen) atoms. The molecule has 10 nitrogen and oxygen atoms in total. The largest absolute Gasteiger partial charge is 0.459 e. The van der Waals surface area contributed by atoms with Gasteiger partial charge in [-0.1, -0.05) is 78.7 Å². The highest BCUT2D eigenvalue weighted by Crippen LogP contribution is 2.62. The summed E-state index contributed by atoms with van der Waals surface area (Å²) in [6, 6.07) is 25.7. The van der Waals surface area contributed by atoms with Gasteiger partial charge in [-0.15, -0.1) is 6.58 Å². The molecular weight excluding hydrogens is 757 g/mol. The molecule has 3 aliphatic rings. The normalized spacial score (nSPS) is 23.5. The van der Waals surface area contributed by atoms with E-state index >= 15 is 0 Å². The third-order valence-corrected chi connectivity index (χ3v) is 12.7. The minimum absolute atomic E-state index is 0.0758. The average molecular weight is 817 g/mol. The molecule has 1 heterocycles. The Morgan fingerprint density at radius 1 is 0.950 bits per heavy atom. The number of aliphatic hydroxyl groups is 2. The lowest BCUT2D eigenvalue weighted by atomic mass is 9.55. The van der Waals surface area contributed by atoms with Crippen LogP contribution in [0.25, 0.3) is 10.8 Å². The van der Waals surface area contributed by atoms with Crippen molar-refractivity contribution in [2.75, 3.05) is 33.5 Å². The van der Waals surface area contributed by atoms with Crippen LogP contribution >= 0.6 is 0 Å². The van der Waals surface area contributed by atoms with Gasteiger partial charge in [-0.05, 0) is 122 Å². The first-order valence-corrected chi connectivity index (χ1v) is 21.5. The number of nitrogens with zero attached hydrogens (tertiary/aromatic N) is 2. The van der Waals surface area contributed by atoms with Crippen LogP contribution in [-0.2, 0) is 20.9 Å². The fourth-order valence-electron chi connectivity index (χ4n) is 9.86. The molecule has 2 N–H and O–H groups in total. The van der Waals surface area contributed by atoms with E-state index in [4.69, 9.17) is 28.9 Å². The van der Waals surface area contributed by atoms with Gasteiger partial charge < -0.3 is 34.0 Å². The number of hydrogen-bond donors (Lipinski definition) is 2. The van der Waals surface area contributed by atoms with E-state index in [9.17, 15) is 15.0 Å². The summed E-state index contributed by atoms with van der Waals surface area (Å²) in [5.74, 6) is 0.212. The Morgan fingerprint density at radius 2 is 1.70 bits per heavy atom. The molecule has 4 aromatic rings. The van der Waals surface area contributed by atoms with Crippen LogP contribution in [0.4, 0.5) is 4.79 Å². The zero-order valence-electron chi connectivity index (χ0n) is 35.5. The van der Waals surface area contributed by atoms with Crippen LogP contribution in [0.2, 0.25) is 0 Å². The fraction of sp³-hybridized carbons (Fsp3) is 0.440. The monoisotopic (exact) mass is 816 g/mol. The Bertz CT molecular complexity index is 2190. The van der Waals surface area contributed by atoms with Gasteiger partial charge in [0.1, 0.15) is 30.4 Å². The molecule has 0 bridgehead atoms. The van der Waals surface area contributed by atoms with Crippen LogP contribution in [0.5, 0.6) is 17.2 Å². The summed E-state index contributed by atoms with van der Waals surface area (Å²) in [5, 5.41) is 26.7. The van der Waals surface area contributed by atoms with Crippen molar-refractivity contribution >= 4 is 22.6 Å². The van der Waals surface area contributed by atoms with Crippen molar-refractivity contribution in [3.8, 4) is 17.2 Å². The lowest BCUT2D eigenvalue weighted by Gasteiger charge is -2.59. The topological polar surface area (TPSA) is 119 Å². The van der Waals surface area contributed by atoms with Gasteiger partial charge in [0, 0.05) is 31.1 Å². The third kappa shape index (κ3) is 8.69. The van der Waals surface area contributed by atoms with Gasteiger partial charge in [0.15, 0.2) is 0 Å². The molecule has 7 rings (SSSR count). The highest BCUT2D eigenvalue weighted by Gasteiger charge is 2.65. The van der Waals surface area contributed by atoms with Crippen molar-refractivity contribution in [1.29, 1.82) is 0 Å². The number of benzene rings is 4. The highest BCUT2D eigenvalue weighted by atomic mass is 16.7. The van der Waals surface area contributed by atoms with Crippen molar-refractivity contribution in [3.63, 3.8) is 0 Å². The maximum atomic E-state index is 14.6. The smallest absolute Gasteiger partial charge is 0.410 e. The summed E-state index contributed by atoms with van der Waals surface area (Å²) in [6.07, 6.45) is 8.56. The van der Waals surface area contributed by atoms with E-state index in [-0.39, 0.29) is 57.1 Å². The first-order chi connectivity index (χ1) is 29.3. The number of hydrogen-bond acceptors (Lipinski definition) is 9. The summed E-state index contributed by atoms with van der Waals surface area (Å²) in [7, 11) is 1.55. The first kappa shape index (κ1) is 42.9. The maximum Gasteiger partial charge on any atom is 0.410 e. The number of carbonyl (C=O) groups excluding carboxylic acids is 1. The summed E-state index contributed by atoms with van der Waals surface area (Å²) in [4.78, 5) is 21.9. The number of allylic oxidation sites excluding steroid dienone is 1.